The number of halogens is 1. The van der Waals surface area contributed by atoms with Crippen molar-refractivity contribution in [3.8, 4) is 0 Å². The third-order valence-corrected chi connectivity index (χ3v) is 0.732. The van der Waals surface area contributed by atoms with Crippen LogP contribution in [0.3, 0.4) is 0 Å². The zero-order chi connectivity index (χ0) is 4.28. The molecule has 3 heteroatoms. The van der Waals surface area contributed by atoms with E-state index in [0.717, 1.165) is 0 Å². The standard InChI is InChI=1S/C2H2ClOP/c1-5-2(3)4/h1H2. The molecule has 0 spiro atoms. The van der Waals surface area contributed by atoms with Gasteiger partial charge in [-0.1, -0.05) is 6.30 Å². The summed E-state index contributed by atoms with van der Waals surface area (Å²) in [6.07, 6.45) is 3.18. The highest BCUT2D eigenvalue weighted by Gasteiger charge is 1.75. The molecule has 0 unspecified atom stereocenters. The van der Waals surface area contributed by atoms with Gasteiger partial charge in [0.15, 0.2) is 0 Å². The molecule has 0 fully saturated rings. The van der Waals surface area contributed by atoms with E-state index in [1.54, 1.807) is 0 Å². The Hall–Kier alpha value is 0.130. The molecule has 0 heterocycles. The van der Waals surface area contributed by atoms with Crippen LogP contribution in [-0.4, -0.2) is 11.3 Å². The fourth-order valence-corrected chi connectivity index (χ4v) is 0. The van der Waals surface area contributed by atoms with Gasteiger partial charge in [-0.3, -0.25) is 4.79 Å². The van der Waals surface area contributed by atoms with Gasteiger partial charge in [-0.2, -0.15) is 0 Å². The second-order valence-corrected chi connectivity index (χ2v) is 1.74. The van der Waals surface area contributed by atoms with Gasteiger partial charge in [-0.25, -0.2) is 0 Å². The van der Waals surface area contributed by atoms with Crippen molar-refractivity contribution in [3.05, 3.63) is 0 Å². The molecular formula is C2H2ClOP. The lowest BCUT2D eigenvalue weighted by atomic mass is 11.8. The van der Waals surface area contributed by atoms with Crippen LogP contribution in [0.25, 0.3) is 0 Å². The number of hydrogen-bond acceptors (Lipinski definition) is 1. The maximum Gasteiger partial charge on any atom is 0.270 e. The summed E-state index contributed by atoms with van der Waals surface area (Å²) >= 11 is 4.75. The van der Waals surface area contributed by atoms with Crippen LogP contribution in [0.1, 0.15) is 0 Å². The summed E-state index contributed by atoms with van der Waals surface area (Å²) in [6, 6.07) is 0. The first-order valence-corrected chi connectivity index (χ1v) is 2.39. The van der Waals surface area contributed by atoms with Crippen molar-refractivity contribution < 1.29 is 4.79 Å². The van der Waals surface area contributed by atoms with E-state index in [2.05, 4.69) is 6.30 Å². The van der Waals surface area contributed by atoms with Gasteiger partial charge in [-0.15, -0.1) is 0 Å². The van der Waals surface area contributed by atoms with E-state index in [1.807, 2.05) is 0 Å². The Bertz CT molecular complexity index is 60.7. The van der Waals surface area contributed by atoms with Crippen molar-refractivity contribution in [2.75, 3.05) is 0 Å². The molecule has 0 saturated carbocycles. The molecule has 0 saturated heterocycles. The summed E-state index contributed by atoms with van der Waals surface area (Å²) < 4.78 is 0. The molecule has 0 radical (unpaired) electrons. The summed E-state index contributed by atoms with van der Waals surface area (Å²) in [5.74, 6) is 0. The average Bonchev–Trinajstić information content (AvgIpc) is 1.38. The molecule has 0 aliphatic rings. The van der Waals surface area contributed by atoms with Crippen LogP contribution in [0.15, 0.2) is 0 Å². The summed E-state index contributed by atoms with van der Waals surface area (Å²) in [5.41, 5.74) is 0. The maximum absolute atomic E-state index is 9.50. The fraction of sp³-hybridized carbons (Fsp3) is 0. The lowest BCUT2D eigenvalue weighted by Crippen LogP contribution is -1.50. The summed E-state index contributed by atoms with van der Waals surface area (Å²) in [6.45, 7) is 0. The van der Waals surface area contributed by atoms with Crippen molar-refractivity contribution in [1.82, 2.24) is 0 Å². The Morgan fingerprint density at radius 2 is 2.20 bits per heavy atom. The highest BCUT2D eigenvalue weighted by Crippen LogP contribution is 1.97. The molecule has 0 aromatic carbocycles. The van der Waals surface area contributed by atoms with Gasteiger partial charge in [0, 0.05) is 0 Å². The zero-order valence-corrected chi connectivity index (χ0v) is 4.09. The summed E-state index contributed by atoms with van der Waals surface area (Å²) in [7, 11) is 0.373. The first kappa shape index (κ1) is 5.13. The maximum atomic E-state index is 9.50. The summed E-state index contributed by atoms with van der Waals surface area (Å²) in [4.78, 5) is 9.09. The second kappa shape index (κ2) is 2.37. The van der Waals surface area contributed by atoms with Crippen molar-refractivity contribution in [2.45, 2.75) is 0 Å². The smallest absolute Gasteiger partial charge is 0.270 e. The molecule has 0 bridgehead atoms. The third-order valence-electron chi connectivity index (χ3n) is 0.124. The highest BCUT2D eigenvalue weighted by atomic mass is 35.5. The van der Waals surface area contributed by atoms with Gasteiger partial charge in [0.25, 0.3) is 4.98 Å². The molecule has 1 nitrogen and oxygen atoms in total. The topological polar surface area (TPSA) is 17.1 Å². The SMILES string of the molecule is C=PC(=O)Cl. The van der Waals surface area contributed by atoms with Crippen LogP contribution in [0.2, 0.25) is 0 Å². The molecule has 5 heavy (non-hydrogen) atoms. The van der Waals surface area contributed by atoms with Crippen LogP contribution in [0.5, 0.6) is 0 Å². The quantitative estimate of drug-likeness (QED) is 0.369. The first-order chi connectivity index (χ1) is 2.27. The van der Waals surface area contributed by atoms with E-state index >= 15 is 0 Å². The van der Waals surface area contributed by atoms with Gasteiger partial charge in [0.2, 0.25) is 0 Å². The Morgan fingerprint density at radius 3 is 2.20 bits per heavy atom. The van der Waals surface area contributed by atoms with Crippen LogP contribution in [-0.2, 0) is 0 Å². The minimum Gasteiger partial charge on any atom is -0.271 e. The molecule has 0 atom stereocenters. The van der Waals surface area contributed by atoms with Crippen LogP contribution < -0.4 is 0 Å². The molecule has 28 valence electrons. The van der Waals surface area contributed by atoms with E-state index in [-0.39, 0.29) is 0 Å². The van der Waals surface area contributed by atoms with Gasteiger partial charge in [-0.05, 0) is 19.8 Å². The number of carbonyl (C=O) groups excluding carboxylic acids is 1. The van der Waals surface area contributed by atoms with Crippen molar-refractivity contribution >= 4 is 31.1 Å². The van der Waals surface area contributed by atoms with Crippen LogP contribution >= 0.6 is 19.8 Å². The lowest BCUT2D eigenvalue weighted by molar-refractivity contribution is 0.275. The Kier molecular flexibility index (Phi) is 2.43. The molecule has 0 aliphatic heterocycles. The first-order valence-electron chi connectivity index (χ1n) is 0.933. The summed E-state index contributed by atoms with van der Waals surface area (Å²) in [5, 5.41) is 0. The molecular weight excluding hydrogens is 106 g/mol. The monoisotopic (exact) mass is 108 g/mol. The van der Waals surface area contributed by atoms with Crippen LogP contribution in [0, 0.1) is 0 Å². The van der Waals surface area contributed by atoms with E-state index in [4.69, 9.17) is 11.6 Å². The predicted molar refractivity (Wildman–Crippen MR) is 25.3 cm³/mol. The van der Waals surface area contributed by atoms with Crippen molar-refractivity contribution in [3.63, 3.8) is 0 Å². The second-order valence-electron chi connectivity index (χ2n) is 0.411. The Balaban J connectivity index is 3.20. The minimum atomic E-state index is -0.412. The predicted octanol–water partition coefficient (Wildman–Crippen LogP) is 1.72. The van der Waals surface area contributed by atoms with E-state index in [1.165, 1.54) is 0 Å². The van der Waals surface area contributed by atoms with E-state index in [9.17, 15) is 4.79 Å². The normalized spacial score (nSPS) is 8.20. The number of carbonyl (C=O) groups is 1. The minimum absolute atomic E-state index is 0.373. The van der Waals surface area contributed by atoms with Gasteiger partial charge in [0.05, 0.1) is 0 Å². The average molecular weight is 108 g/mol. The van der Waals surface area contributed by atoms with Gasteiger partial charge < -0.3 is 0 Å². The molecule has 0 aromatic rings. The Labute approximate surface area is 36.7 Å². The fourth-order valence-electron chi connectivity index (χ4n) is 0. The number of hydrogen-bond donors (Lipinski definition) is 0. The third kappa shape index (κ3) is 4.13. The largest absolute Gasteiger partial charge is 0.271 e. The zero-order valence-electron chi connectivity index (χ0n) is 2.44. The molecule has 0 rings (SSSR count). The van der Waals surface area contributed by atoms with E-state index < -0.39 is 4.98 Å². The number of rotatable bonds is 1. The van der Waals surface area contributed by atoms with Crippen molar-refractivity contribution in [2.24, 2.45) is 0 Å². The molecule has 0 aromatic heterocycles. The van der Waals surface area contributed by atoms with E-state index in [0.29, 0.717) is 8.20 Å². The van der Waals surface area contributed by atoms with Crippen molar-refractivity contribution in [1.29, 1.82) is 0 Å². The van der Waals surface area contributed by atoms with Gasteiger partial charge >= 0.3 is 0 Å². The highest BCUT2D eigenvalue weighted by molar-refractivity contribution is 7.62. The van der Waals surface area contributed by atoms with Gasteiger partial charge in [0.1, 0.15) is 0 Å². The molecule has 0 N–H and O–H groups in total. The van der Waals surface area contributed by atoms with Crippen LogP contribution in [0.4, 0.5) is 4.79 Å². The molecule has 0 aliphatic carbocycles. The Morgan fingerprint density at radius 1 is 2.00 bits per heavy atom. The lowest BCUT2D eigenvalue weighted by Gasteiger charge is -1.58. The molecule has 0 amide bonds.